The average molecular weight is 469 g/mol. The maximum absolute atomic E-state index is 12.7. The largest absolute Gasteiger partial charge is 0.397 e. The van der Waals surface area contributed by atoms with Crippen molar-refractivity contribution in [2.24, 2.45) is 0 Å². The van der Waals surface area contributed by atoms with Gasteiger partial charge in [0.05, 0.1) is 11.4 Å². The van der Waals surface area contributed by atoms with Crippen molar-refractivity contribution in [3.05, 3.63) is 107 Å². The van der Waals surface area contributed by atoms with Gasteiger partial charge in [-0.3, -0.25) is 14.6 Å². The molecule has 6 nitrogen and oxygen atoms in total. The SMILES string of the molecule is Nc1ccc(-c2cccs2)cc1NC(=O)c1ccc(/C=C/C(=O)NCCc2ccccn2)cc1. The van der Waals surface area contributed by atoms with Crippen molar-refractivity contribution in [2.75, 3.05) is 17.6 Å². The average Bonchev–Trinajstić information content (AvgIpc) is 3.40. The molecule has 4 rings (SSSR count). The summed E-state index contributed by atoms with van der Waals surface area (Å²) in [5, 5.41) is 7.73. The van der Waals surface area contributed by atoms with E-state index in [0.717, 1.165) is 21.7 Å². The van der Waals surface area contributed by atoms with Crippen molar-refractivity contribution in [2.45, 2.75) is 6.42 Å². The minimum atomic E-state index is -0.252. The van der Waals surface area contributed by atoms with Gasteiger partial charge < -0.3 is 16.4 Å². The Morgan fingerprint density at radius 2 is 1.85 bits per heavy atom. The number of carbonyl (C=O) groups is 2. The van der Waals surface area contributed by atoms with E-state index < -0.39 is 0 Å². The standard InChI is InChI=1S/C27H24N4O2S/c28-23-12-11-21(25-5-3-17-34-25)18-24(23)31-27(33)20-9-6-19(7-10-20)8-13-26(32)30-16-14-22-4-1-2-15-29-22/h1-13,15,17-18H,14,16,28H2,(H,30,32)(H,31,33)/b13-8+. The van der Waals surface area contributed by atoms with Crippen LogP contribution in [0.5, 0.6) is 0 Å². The van der Waals surface area contributed by atoms with Gasteiger partial charge in [0, 0.05) is 41.4 Å². The van der Waals surface area contributed by atoms with E-state index in [1.165, 1.54) is 6.08 Å². The molecule has 2 aromatic carbocycles. The zero-order valence-electron chi connectivity index (χ0n) is 18.4. The predicted molar refractivity (Wildman–Crippen MR) is 139 cm³/mol. The monoisotopic (exact) mass is 468 g/mol. The molecule has 0 atom stereocenters. The quantitative estimate of drug-likeness (QED) is 0.250. The summed E-state index contributed by atoms with van der Waals surface area (Å²) in [6.07, 6.45) is 5.59. The molecular formula is C27H24N4O2S. The molecule has 0 fully saturated rings. The number of nitrogens with one attached hydrogen (secondary N) is 2. The van der Waals surface area contributed by atoms with Gasteiger partial charge in [0.25, 0.3) is 5.91 Å². The Morgan fingerprint density at radius 3 is 2.59 bits per heavy atom. The van der Waals surface area contributed by atoms with E-state index in [1.807, 2.05) is 47.8 Å². The molecule has 0 saturated carbocycles. The normalized spacial score (nSPS) is 10.8. The summed E-state index contributed by atoms with van der Waals surface area (Å²) in [5.41, 5.74) is 10.4. The lowest BCUT2D eigenvalue weighted by atomic mass is 10.1. The topological polar surface area (TPSA) is 97.1 Å². The van der Waals surface area contributed by atoms with E-state index in [4.69, 9.17) is 5.73 Å². The smallest absolute Gasteiger partial charge is 0.255 e. The Hall–Kier alpha value is -4.23. The number of anilines is 2. The molecule has 2 heterocycles. The zero-order valence-corrected chi connectivity index (χ0v) is 19.2. The number of aromatic nitrogens is 1. The third kappa shape index (κ3) is 6.17. The minimum Gasteiger partial charge on any atom is -0.397 e. The summed E-state index contributed by atoms with van der Waals surface area (Å²) in [5.74, 6) is -0.434. The van der Waals surface area contributed by atoms with E-state index in [1.54, 1.807) is 53.9 Å². The molecular weight excluding hydrogens is 444 g/mol. The Morgan fingerprint density at radius 1 is 1.00 bits per heavy atom. The van der Waals surface area contributed by atoms with Gasteiger partial charge in [0.1, 0.15) is 0 Å². The maximum atomic E-state index is 12.7. The number of hydrogen-bond donors (Lipinski definition) is 3. The number of amides is 2. The van der Waals surface area contributed by atoms with Gasteiger partial charge in [-0.1, -0.05) is 30.3 Å². The first-order valence-electron chi connectivity index (χ1n) is 10.8. The Balaban J connectivity index is 1.32. The molecule has 4 N–H and O–H groups in total. The highest BCUT2D eigenvalue weighted by molar-refractivity contribution is 7.13. The van der Waals surface area contributed by atoms with Crippen molar-refractivity contribution in [3.63, 3.8) is 0 Å². The van der Waals surface area contributed by atoms with Crippen molar-refractivity contribution in [1.82, 2.24) is 10.3 Å². The third-order valence-corrected chi connectivity index (χ3v) is 6.03. The maximum Gasteiger partial charge on any atom is 0.255 e. The number of benzene rings is 2. The summed E-state index contributed by atoms with van der Waals surface area (Å²) < 4.78 is 0. The molecule has 2 amide bonds. The first-order chi connectivity index (χ1) is 16.6. The van der Waals surface area contributed by atoms with Gasteiger partial charge >= 0.3 is 0 Å². The van der Waals surface area contributed by atoms with E-state index in [9.17, 15) is 9.59 Å². The molecule has 0 aliphatic rings. The summed E-state index contributed by atoms with van der Waals surface area (Å²) in [4.78, 5) is 30.1. The summed E-state index contributed by atoms with van der Waals surface area (Å²) in [6.45, 7) is 0.510. The van der Waals surface area contributed by atoms with Crippen LogP contribution in [0, 0.1) is 0 Å². The molecule has 0 radical (unpaired) electrons. The van der Waals surface area contributed by atoms with E-state index in [0.29, 0.717) is 29.9 Å². The number of pyridine rings is 1. The second-order valence-corrected chi connectivity index (χ2v) is 8.50. The molecule has 0 aliphatic heterocycles. The molecule has 0 unspecified atom stereocenters. The number of thiophene rings is 1. The zero-order chi connectivity index (χ0) is 23.8. The first kappa shape index (κ1) is 22.9. The van der Waals surface area contributed by atoms with Crippen molar-refractivity contribution < 1.29 is 9.59 Å². The fourth-order valence-corrected chi connectivity index (χ4v) is 4.02. The van der Waals surface area contributed by atoms with Crippen LogP contribution in [0.1, 0.15) is 21.6 Å². The number of hydrogen-bond acceptors (Lipinski definition) is 5. The number of nitrogens with two attached hydrogens (primary N) is 1. The van der Waals surface area contributed by atoms with Crippen LogP contribution < -0.4 is 16.4 Å². The molecule has 4 aromatic rings. The lowest BCUT2D eigenvalue weighted by Gasteiger charge is -2.10. The van der Waals surface area contributed by atoms with E-state index in [-0.39, 0.29) is 11.8 Å². The summed E-state index contributed by atoms with van der Waals surface area (Å²) in [7, 11) is 0. The Bertz CT molecular complexity index is 1280. The second kappa shape index (κ2) is 11.1. The fraction of sp³-hybridized carbons (Fsp3) is 0.0741. The van der Waals surface area contributed by atoms with E-state index >= 15 is 0 Å². The number of nitrogen functional groups attached to an aromatic ring is 1. The van der Waals surface area contributed by atoms with Crippen LogP contribution in [0.15, 0.2) is 90.4 Å². The van der Waals surface area contributed by atoms with Gasteiger partial charge in [0.15, 0.2) is 0 Å². The van der Waals surface area contributed by atoms with Gasteiger partial charge in [-0.25, -0.2) is 0 Å². The van der Waals surface area contributed by atoms with Gasteiger partial charge in [0.2, 0.25) is 5.91 Å². The van der Waals surface area contributed by atoms with Crippen LogP contribution in [0.25, 0.3) is 16.5 Å². The van der Waals surface area contributed by atoms with Crippen LogP contribution in [0.3, 0.4) is 0 Å². The Kier molecular flexibility index (Phi) is 7.47. The highest BCUT2D eigenvalue weighted by atomic mass is 32.1. The van der Waals surface area contributed by atoms with Gasteiger partial charge in [-0.15, -0.1) is 11.3 Å². The van der Waals surface area contributed by atoms with Crippen molar-refractivity contribution >= 4 is 40.6 Å². The molecule has 0 spiro atoms. The molecule has 0 bridgehead atoms. The second-order valence-electron chi connectivity index (χ2n) is 7.55. The third-order valence-electron chi connectivity index (χ3n) is 5.11. The predicted octanol–water partition coefficient (Wildman–Crippen LogP) is 5.02. The first-order valence-corrected chi connectivity index (χ1v) is 11.7. The highest BCUT2D eigenvalue weighted by Gasteiger charge is 2.10. The fourth-order valence-electron chi connectivity index (χ4n) is 3.29. The van der Waals surface area contributed by atoms with Crippen LogP contribution in [0.4, 0.5) is 11.4 Å². The number of carbonyl (C=O) groups excluding carboxylic acids is 2. The molecule has 7 heteroatoms. The van der Waals surface area contributed by atoms with Crippen molar-refractivity contribution in [1.29, 1.82) is 0 Å². The lowest BCUT2D eigenvalue weighted by Crippen LogP contribution is -2.23. The van der Waals surface area contributed by atoms with Gasteiger partial charge in [-0.05, 0) is 65.0 Å². The Labute approximate surface area is 202 Å². The van der Waals surface area contributed by atoms with Crippen LogP contribution in [0.2, 0.25) is 0 Å². The molecule has 2 aromatic heterocycles. The molecule has 34 heavy (non-hydrogen) atoms. The van der Waals surface area contributed by atoms with E-state index in [2.05, 4.69) is 15.6 Å². The number of nitrogens with zero attached hydrogens (tertiary/aromatic N) is 1. The van der Waals surface area contributed by atoms with Crippen molar-refractivity contribution in [3.8, 4) is 10.4 Å². The van der Waals surface area contributed by atoms with Crippen LogP contribution in [-0.4, -0.2) is 23.3 Å². The lowest BCUT2D eigenvalue weighted by molar-refractivity contribution is -0.116. The molecule has 0 aliphatic carbocycles. The van der Waals surface area contributed by atoms with Crippen LogP contribution in [-0.2, 0) is 11.2 Å². The number of rotatable bonds is 8. The summed E-state index contributed by atoms with van der Waals surface area (Å²) >= 11 is 1.63. The summed E-state index contributed by atoms with van der Waals surface area (Å²) in [6, 6.07) is 22.3. The molecule has 170 valence electrons. The van der Waals surface area contributed by atoms with Gasteiger partial charge in [-0.2, -0.15) is 0 Å². The molecule has 0 saturated heterocycles. The highest BCUT2D eigenvalue weighted by Crippen LogP contribution is 2.30. The van der Waals surface area contributed by atoms with Crippen LogP contribution >= 0.6 is 11.3 Å². The minimum absolute atomic E-state index is 0.182.